The van der Waals surface area contributed by atoms with Gasteiger partial charge in [-0.3, -0.25) is 0 Å². The van der Waals surface area contributed by atoms with Gasteiger partial charge in [0.15, 0.2) is 0 Å². The molecule has 0 radical (unpaired) electrons. The maximum atomic E-state index is 9.51. The molecule has 130 valence electrons. The Morgan fingerprint density at radius 3 is 1.46 bits per heavy atom. The van der Waals surface area contributed by atoms with Crippen molar-refractivity contribution in [2.24, 2.45) is 0 Å². The molecule has 0 N–H and O–H groups in total. The monoisotopic (exact) mass is 360 g/mol. The van der Waals surface area contributed by atoms with E-state index in [4.69, 9.17) is 0 Å². The molecule has 1 rings (SSSR count). The summed E-state index contributed by atoms with van der Waals surface area (Å²) in [7, 11) is 0. The minimum atomic E-state index is 0.566. The van der Waals surface area contributed by atoms with Crippen LogP contribution >= 0.6 is 23.5 Å². The van der Waals surface area contributed by atoms with Gasteiger partial charge in [0, 0.05) is 9.79 Å². The topological polar surface area (TPSA) is 47.6 Å². The van der Waals surface area contributed by atoms with Crippen molar-refractivity contribution in [1.29, 1.82) is 10.5 Å². The second-order valence-corrected chi connectivity index (χ2v) is 8.13. The van der Waals surface area contributed by atoms with Crippen LogP contribution in [-0.4, -0.2) is 11.5 Å². The zero-order valence-corrected chi connectivity index (χ0v) is 16.6. The molecule has 0 saturated heterocycles. The Hall–Kier alpha value is -1.10. The number of nitriles is 2. The van der Waals surface area contributed by atoms with Crippen LogP contribution in [0, 0.1) is 22.7 Å². The average molecular weight is 361 g/mol. The van der Waals surface area contributed by atoms with Gasteiger partial charge in [-0.15, -0.1) is 23.5 Å². The summed E-state index contributed by atoms with van der Waals surface area (Å²) in [6.07, 6.45) is 9.81. The predicted octanol–water partition coefficient (Wildman–Crippen LogP) is 6.77. The smallest absolute Gasteiger partial charge is 0.102 e. The van der Waals surface area contributed by atoms with Crippen LogP contribution in [0.15, 0.2) is 21.9 Å². The molecule has 0 heterocycles. The molecule has 0 fully saturated rings. The lowest BCUT2D eigenvalue weighted by atomic mass is 10.1. The maximum Gasteiger partial charge on any atom is 0.102 e. The van der Waals surface area contributed by atoms with E-state index in [1.54, 1.807) is 23.5 Å². The lowest BCUT2D eigenvalue weighted by Gasteiger charge is -2.10. The molecule has 24 heavy (non-hydrogen) atoms. The van der Waals surface area contributed by atoms with Gasteiger partial charge in [-0.25, -0.2) is 0 Å². The number of nitrogens with zero attached hydrogens (tertiary/aromatic N) is 2. The van der Waals surface area contributed by atoms with Crippen LogP contribution in [0.2, 0.25) is 0 Å². The Balaban J connectivity index is 2.69. The summed E-state index contributed by atoms with van der Waals surface area (Å²) in [5.41, 5.74) is 1.13. The summed E-state index contributed by atoms with van der Waals surface area (Å²) in [6, 6.07) is 8.58. The normalized spacial score (nSPS) is 10.3. The van der Waals surface area contributed by atoms with E-state index in [0.29, 0.717) is 11.1 Å². The van der Waals surface area contributed by atoms with Crippen LogP contribution < -0.4 is 0 Å². The van der Waals surface area contributed by atoms with E-state index < -0.39 is 0 Å². The fourth-order valence-corrected chi connectivity index (χ4v) is 4.50. The van der Waals surface area contributed by atoms with Gasteiger partial charge in [0.1, 0.15) is 12.1 Å². The lowest BCUT2D eigenvalue weighted by Crippen LogP contribution is -1.93. The van der Waals surface area contributed by atoms with Crippen LogP contribution in [0.3, 0.4) is 0 Å². The van der Waals surface area contributed by atoms with E-state index in [-0.39, 0.29) is 0 Å². The number of benzene rings is 1. The van der Waals surface area contributed by atoms with Crippen LogP contribution in [0.25, 0.3) is 0 Å². The van der Waals surface area contributed by atoms with Crippen LogP contribution in [0.1, 0.15) is 76.3 Å². The van der Waals surface area contributed by atoms with Gasteiger partial charge in [-0.1, -0.05) is 52.4 Å². The van der Waals surface area contributed by atoms with Crippen molar-refractivity contribution in [2.75, 3.05) is 11.5 Å². The second kappa shape index (κ2) is 13.2. The highest BCUT2D eigenvalue weighted by Crippen LogP contribution is 2.33. The molecule has 0 atom stereocenters. The number of rotatable bonds is 12. The number of hydrogen-bond donors (Lipinski definition) is 0. The van der Waals surface area contributed by atoms with Gasteiger partial charge in [0.05, 0.1) is 11.1 Å². The molecule has 0 aliphatic heterocycles. The molecule has 0 saturated carbocycles. The average Bonchev–Trinajstić information content (AvgIpc) is 2.61. The van der Waals surface area contributed by atoms with Crippen molar-refractivity contribution in [3.8, 4) is 12.1 Å². The molecule has 0 aromatic heterocycles. The Kier molecular flexibility index (Phi) is 11.5. The fraction of sp³-hybridized carbons (Fsp3) is 0.600. The van der Waals surface area contributed by atoms with Crippen molar-refractivity contribution in [3.05, 3.63) is 23.3 Å². The van der Waals surface area contributed by atoms with Crippen molar-refractivity contribution in [2.45, 2.75) is 75.0 Å². The van der Waals surface area contributed by atoms with E-state index in [2.05, 4.69) is 26.0 Å². The van der Waals surface area contributed by atoms with Crippen molar-refractivity contribution < 1.29 is 0 Å². The molecule has 0 spiro atoms. The molecule has 1 aromatic rings. The first-order chi connectivity index (χ1) is 11.8. The first-order valence-electron chi connectivity index (χ1n) is 9.01. The number of thioether (sulfide) groups is 2. The van der Waals surface area contributed by atoms with Crippen molar-refractivity contribution in [1.82, 2.24) is 0 Å². The maximum absolute atomic E-state index is 9.51. The standard InChI is InChI=1S/C20H28N2S2/c1-3-5-7-9-13-23-19-11-12-20(18(16-22)17(19)15-21)24-14-10-8-6-4-2/h11-12H,3-10,13-14H2,1-2H3. The van der Waals surface area contributed by atoms with E-state index in [0.717, 1.165) is 21.3 Å². The number of hydrogen-bond acceptors (Lipinski definition) is 4. The van der Waals surface area contributed by atoms with Crippen LogP contribution in [0.4, 0.5) is 0 Å². The Bertz CT molecular complexity index is 519. The van der Waals surface area contributed by atoms with Crippen LogP contribution in [-0.2, 0) is 0 Å². The summed E-state index contributed by atoms with van der Waals surface area (Å²) in [6.45, 7) is 4.41. The van der Waals surface area contributed by atoms with Gasteiger partial charge in [-0.2, -0.15) is 10.5 Å². The molecular formula is C20H28N2S2. The Morgan fingerprint density at radius 1 is 0.708 bits per heavy atom. The van der Waals surface area contributed by atoms with Crippen molar-refractivity contribution >= 4 is 23.5 Å². The molecule has 4 heteroatoms. The SMILES string of the molecule is CCCCCCSc1ccc(SCCCCCC)c(C#N)c1C#N. The predicted molar refractivity (Wildman–Crippen MR) is 106 cm³/mol. The zero-order valence-electron chi connectivity index (χ0n) is 14.9. The third-order valence-electron chi connectivity index (χ3n) is 3.86. The van der Waals surface area contributed by atoms with Crippen LogP contribution in [0.5, 0.6) is 0 Å². The second-order valence-electron chi connectivity index (χ2n) is 5.85. The minimum Gasteiger partial charge on any atom is -0.192 e. The van der Waals surface area contributed by atoms with Gasteiger partial charge in [0.25, 0.3) is 0 Å². The Labute approximate surface area is 156 Å². The van der Waals surface area contributed by atoms with E-state index in [1.807, 2.05) is 12.1 Å². The highest BCUT2D eigenvalue weighted by atomic mass is 32.2. The highest BCUT2D eigenvalue weighted by Gasteiger charge is 2.13. The lowest BCUT2D eigenvalue weighted by molar-refractivity contribution is 0.706. The summed E-state index contributed by atoms with van der Waals surface area (Å²) in [5, 5.41) is 19.0. The fourth-order valence-electron chi connectivity index (χ4n) is 2.45. The Morgan fingerprint density at radius 2 is 1.12 bits per heavy atom. The molecule has 2 nitrogen and oxygen atoms in total. The zero-order chi connectivity index (χ0) is 17.6. The van der Waals surface area contributed by atoms with Gasteiger partial charge in [-0.05, 0) is 36.5 Å². The molecule has 0 aliphatic rings. The van der Waals surface area contributed by atoms with E-state index in [9.17, 15) is 10.5 Å². The molecule has 0 aliphatic carbocycles. The molecular weight excluding hydrogens is 332 g/mol. The minimum absolute atomic E-state index is 0.566. The molecule has 0 bridgehead atoms. The largest absolute Gasteiger partial charge is 0.192 e. The van der Waals surface area contributed by atoms with Gasteiger partial charge < -0.3 is 0 Å². The summed E-state index contributed by atoms with van der Waals surface area (Å²) in [5.74, 6) is 2.03. The third-order valence-corrected chi connectivity index (χ3v) is 6.15. The van der Waals surface area contributed by atoms with E-state index >= 15 is 0 Å². The third kappa shape index (κ3) is 7.20. The van der Waals surface area contributed by atoms with Gasteiger partial charge >= 0.3 is 0 Å². The molecule has 0 unspecified atom stereocenters. The first kappa shape index (κ1) is 20.9. The quantitative estimate of drug-likeness (QED) is 0.304. The summed E-state index contributed by atoms with van der Waals surface area (Å²) >= 11 is 3.42. The van der Waals surface area contributed by atoms with Crippen molar-refractivity contribution in [3.63, 3.8) is 0 Å². The summed E-state index contributed by atoms with van der Waals surface area (Å²) < 4.78 is 0. The molecule has 0 amide bonds. The van der Waals surface area contributed by atoms with Gasteiger partial charge in [0.2, 0.25) is 0 Å². The summed E-state index contributed by atoms with van der Waals surface area (Å²) in [4.78, 5) is 1.92. The number of unbranched alkanes of at least 4 members (excludes halogenated alkanes) is 6. The first-order valence-corrected chi connectivity index (χ1v) is 11.0. The highest BCUT2D eigenvalue weighted by molar-refractivity contribution is 7.99. The van der Waals surface area contributed by atoms with E-state index in [1.165, 1.54) is 51.4 Å². The molecule has 1 aromatic carbocycles.